The van der Waals surface area contributed by atoms with Gasteiger partial charge >= 0.3 is 0 Å². The van der Waals surface area contributed by atoms with Gasteiger partial charge in [-0.05, 0) is 26.0 Å². The first-order valence-corrected chi connectivity index (χ1v) is 9.63. The molecule has 4 rings (SSSR count). The predicted molar refractivity (Wildman–Crippen MR) is 111 cm³/mol. The number of anilines is 2. The predicted octanol–water partition coefficient (Wildman–Crippen LogP) is 2.73. The Kier molecular flexibility index (Phi) is 5.06. The minimum atomic E-state index is -0.0161. The number of pyridine rings is 1. The SMILES string of the molecule is CCNc1nc(C)cc(N2CCN(C(=O)c3ccc4ccccc4n3)CC2)n1. The van der Waals surface area contributed by atoms with Gasteiger partial charge in [-0.25, -0.2) is 9.97 Å². The molecule has 1 aliphatic rings. The van der Waals surface area contributed by atoms with Gasteiger partial charge in [0.05, 0.1) is 5.52 Å². The van der Waals surface area contributed by atoms with Gasteiger partial charge in [-0.15, -0.1) is 0 Å². The molecule has 7 nitrogen and oxygen atoms in total. The van der Waals surface area contributed by atoms with Crippen LogP contribution in [-0.4, -0.2) is 58.5 Å². The van der Waals surface area contributed by atoms with Crippen LogP contribution in [0.25, 0.3) is 10.9 Å². The molecule has 0 radical (unpaired) electrons. The molecule has 2 aromatic heterocycles. The van der Waals surface area contributed by atoms with Gasteiger partial charge in [-0.3, -0.25) is 4.79 Å². The van der Waals surface area contributed by atoms with E-state index in [4.69, 9.17) is 0 Å². The summed E-state index contributed by atoms with van der Waals surface area (Å²) >= 11 is 0. The minimum Gasteiger partial charge on any atom is -0.354 e. The van der Waals surface area contributed by atoms with Crippen LogP contribution in [0.2, 0.25) is 0 Å². The lowest BCUT2D eigenvalue weighted by molar-refractivity contribution is 0.0741. The molecule has 0 aliphatic carbocycles. The van der Waals surface area contributed by atoms with Crippen LogP contribution in [0.4, 0.5) is 11.8 Å². The number of nitrogens with zero attached hydrogens (tertiary/aromatic N) is 5. The molecule has 1 saturated heterocycles. The number of hydrogen-bond acceptors (Lipinski definition) is 6. The third kappa shape index (κ3) is 3.74. The highest BCUT2D eigenvalue weighted by molar-refractivity contribution is 5.95. The number of nitrogens with one attached hydrogen (secondary N) is 1. The summed E-state index contributed by atoms with van der Waals surface area (Å²) in [6, 6.07) is 13.6. The molecule has 1 N–H and O–H groups in total. The summed E-state index contributed by atoms with van der Waals surface area (Å²) in [5.74, 6) is 1.54. The Morgan fingerprint density at radius 1 is 1.04 bits per heavy atom. The van der Waals surface area contributed by atoms with Crippen molar-refractivity contribution < 1.29 is 4.79 Å². The van der Waals surface area contributed by atoms with Crippen LogP contribution < -0.4 is 10.2 Å². The highest BCUT2D eigenvalue weighted by atomic mass is 16.2. The first-order chi connectivity index (χ1) is 13.6. The fourth-order valence-electron chi connectivity index (χ4n) is 3.44. The van der Waals surface area contributed by atoms with E-state index in [1.165, 1.54) is 0 Å². The zero-order valence-corrected chi connectivity index (χ0v) is 16.2. The van der Waals surface area contributed by atoms with Crippen molar-refractivity contribution in [2.45, 2.75) is 13.8 Å². The van der Waals surface area contributed by atoms with E-state index in [0.717, 1.165) is 42.0 Å². The molecular formula is C21H24N6O. The van der Waals surface area contributed by atoms with Crippen molar-refractivity contribution in [3.8, 4) is 0 Å². The molecule has 3 heterocycles. The molecule has 0 unspecified atom stereocenters. The summed E-state index contributed by atoms with van der Waals surface area (Å²) in [4.78, 5) is 30.5. The first kappa shape index (κ1) is 18.2. The van der Waals surface area contributed by atoms with E-state index in [1.807, 2.05) is 61.2 Å². The number of hydrogen-bond donors (Lipinski definition) is 1. The van der Waals surface area contributed by atoms with Gasteiger partial charge in [0.15, 0.2) is 0 Å². The van der Waals surface area contributed by atoms with Crippen LogP contribution in [0.15, 0.2) is 42.5 Å². The van der Waals surface area contributed by atoms with Gasteiger partial charge in [-0.2, -0.15) is 4.98 Å². The van der Waals surface area contributed by atoms with E-state index in [2.05, 4.69) is 25.2 Å². The standard InChI is InChI=1S/C21H24N6O/c1-3-22-21-23-15(2)14-19(25-21)26-10-12-27(13-11-26)20(28)18-9-8-16-6-4-5-7-17(16)24-18/h4-9,14H,3,10-13H2,1-2H3,(H,22,23,25). The fourth-order valence-corrected chi connectivity index (χ4v) is 3.44. The van der Waals surface area contributed by atoms with Crippen LogP contribution in [0.5, 0.6) is 0 Å². The highest BCUT2D eigenvalue weighted by Gasteiger charge is 2.24. The second kappa shape index (κ2) is 7.80. The van der Waals surface area contributed by atoms with Crippen molar-refractivity contribution in [1.29, 1.82) is 0 Å². The summed E-state index contributed by atoms with van der Waals surface area (Å²) in [7, 11) is 0. The van der Waals surface area contributed by atoms with E-state index in [9.17, 15) is 4.79 Å². The van der Waals surface area contributed by atoms with E-state index >= 15 is 0 Å². The number of para-hydroxylation sites is 1. The summed E-state index contributed by atoms with van der Waals surface area (Å²) in [6.45, 7) is 7.54. The maximum Gasteiger partial charge on any atom is 0.272 e. The minimum absolute atomic E-state index is 0.0161. The first-order valence-electron chi connectivity index (χ1n) is 9.63. The third-order valence-electron chi connectivity index (χ3n) is 4.88. The number of amides is 1. The Morgan fingerprint density at radius 3 is 2.61 bits per heavy atom. The van der Waals surface area contributed by atoms with Crippen LogP contribution >= 0.6 is 0 Å². The van der Waals surface area contributed by atoms with Crippen LogP contribution in [0, 0.1) is 6.92 Å². The van der Waals surface area contributed by atoms with Crippen molar-refractivity contribution in [2.24, 2.45) is 0 Å². The van der Waals surface area contributed by atoms with E-state index in [0.29, 0.717) is 24.7 Å². The number of carbonyl (C=O) groups excluding carboxylic acids is 1. The molecule has 1 aromatic carbocycles. The van der Waals surface area contributed by atoms with Gasteiger partial charge in [0.2, 0.25) is 5.95 Å². The monoisotopic (exact) mass is 376 g/mol. The molecule has 144 valence electrons. The Hall–Kier alpha value is -3.22. The number of aromatic nitrogens is 3. The molecule has 7 heteroatoms. The Labute approximate surface area is 164 Å². The van der Waals surface area contributed by atoms with Crippen LogP contribution in [0.3, 0.4) is 0 Å². The van der Waals surface area contributed by atoms with Gasteiger partial charge in [0.25, 0.3) is 5.91 Å². The lowest BCUT2D eigenvalue weighted by Gasteiger charge is -2.35. The molecule has 1 aliphatic heterocycles. The summed E-state index contributed by atoms with van der Waals surface area (Å²) in [6.07, 6.45) is 0. The second-order valence-electron chi connectivity index (χ2n) is 6.89. The van der Waals surface area contributed by atoms with Crippen LogP contribution in [0.1, 0.15) is 23.1 Å². The molecule has 0 bridgehead atoms. The molecule has 3 aromatic rings. The van der Waals surface area contributed by atoms with E-state index in [1.54, 1.807) is 0 Å². The lowest BCUT2D eigenvalue weighted by Crippen LogP contribution is -2.49. The topological polar surface area (TPSA) is 74.2 Å². The Bertz CT molecular complexity index is 997. The number of benzene rings is 1. The Balaban J connectivity index is 1.45. The third-order valence-corrected chi connectivity index (χ3v) is 4.88. The summed E-state index contributed by atoms with van der Waals surface area (Å²) in [5, 5.41) is 4.21. The van der Waals surface area contributed by atoms with E-state index < -0.39 is 0 Å². The molecule has 0 atom stereocenters. The van der Waals surface area contributed by atoms with Gasteiger partial charge < -0.3 is 15.1 Å². The summed E-state index contributed by atoms with van der Waals surface area (Å²) in [5.41, 5.74) is 2.28. The normalized spacial score (nSPS) is 14.4. The number of fused-ring (bicyclic) bond motifs is 1. The maximum atomic E-state index is 12.9. The summed E-state index contributed by atoms with van der Waals surface area (Å²) < 4.78 is 0. The van der Waals surface area contributed by atoms with Gasteiger partial charge in [0.1, 0.15) is 11.5 Å². The molecule has 1 fully saturated rings. The van der Waals surface area contributed by atoms with E-state index in [-0.39, 0.29) is 5.91 Å². The average Bonchev–Trinajstić information content (AvgIpc) is 2.73. The van der Waals surface area contributed by atoms with Crippen LogP contribution in [-0.2, 0) is 0 Å². The quantitative estimate of drug-likeness (QED) is 0.755. The molecule has 0 saturated carbocycles. The second-order valence-corrected chi connectivity index (χ2v) is 6.89. The van der Waals surface area contributed by atoms with Gasteiger partial charge in [0, 0.05) is 49.9 Å². The largest absolute Gasteiger partial charge is 0.354 e. The average molecular weight is 376 g/mol. The number of carbonyl (C=O) groups is 1. The zero-order valence-electron chi connectivity index (χ0n) is 16.2. The maximum absolute atomic E-state index is 12.9. The highest BCUT2D eigenvalue weighted by Crippen LogP contribution is 2.18. The van der Waals surface area contributed by atoms with Crippen molar-refractivity contribution in [3.63, 3.8) is 0 Å². The zero-order chi connectivity index (χ0) is 19.5. The number of rotatable bonds is 4. The molecule has 28 heavy (non-hydrogen) atoms. The number of piperazine rings is 1. The smallest absolute Gasteiger partial charge is 0.272 e. The van der Waals surface area contributed by atoms with Crippen molar-refractivity contribution >= 4 is 28.6 Å². The molecular weight excluding hydrogens is 352 g/mol. The van der Waals surface area contributed by atoms with Crippen molar-refractivity contribution in [1.82, 2.24) is 19.9 Å². The number of aryl methyl sites for hydroxylation is 1. The molecule has 0 spiro atoms. The molecule has 1 amide bonds. The van der Waals surface area contributed by atoms with Crippen molar-refractivity contribution in [3.05, 3.63) is 53.9 Å². The Morgan fingerprint density at radius 2 is 1.82 bits per heavy atom. The fraction of sp³-hybridized carbons (Fsp3) is 0.333. The lowest BCUT2D eigenvalue weighted by atomic mass is 10.2. The van der Waals surface area contributed by atoms with Crippen molar-refractivity contribution in [2.75, 3.05) is 42.9 Å². The van der Waals surface area contributed by atoms with Gasteiger partial charge in [-0.1, -0.05) is 24.3 Å².